The van der Waals surface area contributed by atoms with Crippen molar-refractivity contribution in [3.63, 3.8) is 0 Å². The molecule has 0 saturated heterocycles. The maximum Gasteiger partial charge on any atom is 0.161 e. The third kappa shape index (κ3) is 1.84. The molecule has 1 aromatic carbocycles. The molecular formula is C15H15NO. The predicted molar refractivity (Wildman–Crippen MR) is 68.2 cm³/mol. The SMILES string of the molecule is O=C1CCCC2=C1C(c1ccccc1)CC=N2. The lowest BCUT2D eigenvalue weighted by molar-refractivity contribution is -0.116. The van der Waals surface area contributed by atoms with Crippen molar-refractivity contribution in [3.8, 4) is 0 Å². The first-order valence-electron chi connectivity index (χ1n) is 6.20. The van der Waals surface area contributed by atoms with Crippen molar-refractivity contribution in [2.24, 2.45) is 4.99 Å². The van der Waals surface area contributed by atoms with E-state index in [0.717, 1.165) is 30.5 Å². The average Bonchev–Trinajstić information content (AvgIpc) is 2.39. The molecule has 86 valence electrons. The van der Waals surface area contributed by atoms with Crippen LogP contribution in [0.15, 0.2) is 46.6 Å². The van der Waals surface area contributed by atoms with Gasteiger partial charge in [-0.1, -0.05) is 30.3 Å². The molecule has 0 fully saturated rings. The van der Waals surface area contributed by atoms with Crippen LogP contribution in [0.5, 0.6) is 0 Å². The van der Waals surface area contributed by atoms with Gasteiger partial charge in [0.2, 0.25) is 0 Å². The Morgan fingerprint density at radius 3 is 2.76 bits per heavy atom. The molecule has 2 aliphatic rings. The second-order valence-electron chi connectivity index (χ2n) is 4.65. The summed E-state index contributed by atoms with van der Waals surface area (Å²) in [6.07, 6.45) is 5.43. The van der Waals surface area contributed by atoms with Gasteiger partial charge in [-0.05, 0) is 24.8 Å². The van der Waals surface area contributed by atoms with Gasteiger partial charge in [0.05, 0.1) is 0 Å². The van der Waals surface area contributed by atoms with E-state index >= 15 is 0 Å². The number of hydrogen-bond donors (Lipinski definition) is 0. The molecule has 1 aromatic rings. The number of benzene rings is 1. The highest BCUT2D eigenvalue weighted by atomic mass is 16.1. The lowest BCUT2D eigenvalue weighted by Crippen LogP contribution is -2.20. The van der Waals surface area contributed by atoms with E-state index in [1.165, 1.54) is 5.56 Å². The van der Waals surface area contributed by atoms with Crippen LogP contribution in [0.1, 0.15) is 37.2 Å². The van der Waals surface area contributed by atoms with E-state index in [-0.39, 0.29) is 5.92 Å². The second-order valence-corrected chi connectivity index (χ2v) is 4.65. The molecule has 1 aliphatic heterocycles. The van der Waals surface area contributed by atoms with Crippen molar-refractivity contribution in [2.75, 3.05) is 0 Å². The number of nitrogens with zero attached hydrogens (tertiary/aromatic N) is 1. The Morgan fingerprint density at radius 1 is 1.12 bits per heavy atom. The van der Waals surface area contributed by atoms with E-state index in [4.69, 9.17) is 0 Å². The molecule has 0 aromatic heterocycles. The third-order valence-electron chi connectivity index (χ3n) is 3.57. The third-order valence-corrected chi connectivity index (χ3v) is 3.57. The number of Topliss-reactive ketones (excluding diaryl/α,β-unsaturated/α-hetero) is 1. The van der Waals surface area contributed by atoms with Gasteiger partial charge in [0.1, 0.15) is 0 Å². The van der Waals surface area contributed by atoms with E-state index in [2.05, 4.69) is 17.1 Å². The number of allylic oxidation sites excluding steroid dienone is 2. The Hall–Kier alpha value is -1.70. The average molecular weight is 225 g/mol. The molecule has 1 aliphatic carbocycles. The highest BCUT2D eigenvalue weighted by molar-refractivity contribution is 5.99. The summed E-state index contributed by atoms with van der Waals surface area (Å²) >= 11 is 0. The smallest absolute Gasteiger partial charge is 0.161 e. The fourth-order valence-electron chi connectivity index (χ4n) is 2.75. The molecule has 0 saturated carbocycles. The molecule has 0 spiro atoms. The van der Waals surface area contributed by atoms with E-state index in [1.54, 1.807) is 0 Å². The predicted octanol–water partition coefficient (Wildman–Crippen LogP) is 3.25. The van der Waals surface area contributed by atoms with Crippen LogP contribution in [0, 0.1) is 0 Å². The molecule has 1 heterocycles. The molecule has 1 unspecified atom stereocenters. The fraction of sp³-hybridized carbons (Fsp3) is 0.333. The van der Waals surface area contributed by atoms with Crippen LogP contribution in [0.2, 0.25) is 0 Å². The molecule has 0 N–H and O–H groups in total. The lowest BCUT2D eigenvalue weighted by atomic mass is 9.79. The molecule has 0 amide bonds. The summed E-state index contributed by atoms with van der Waals surface area (Å²) in [5.74, 6) is 0.536. The summed E-state index contributed by atoms with van der Waals surface area (Å²) in [5, 5.41) is 0. The Balaban J connectivity index is 2.04. The lowest BCUT2D eigenvalue weighted by Gasteiger charge is -2.27. The van der Waals surface area contributed by atoms with Crippen LogP contribution in [0.3, 0.4) is 0 Å². The van der Waals surface area contributed by atoms with E-state index < -0.39 is 0 Å². The summed E-state index contributed by atoms with van der Waals surface area (Å²) in [5.41, 5.74) is 3.24. The first-order valence-corrected chi connectivity index (χ1v) is 6.20. The maximum atomic E-state index is 12.1. The van der Waals surface area contributed by atoms with Gasteiger partial charge >= 0.3 is 0 Å². The normalized spacial score (nSPS) is 23.8. The van der Waals surface area contributed by atoms with Crippen molar-refractivity contribution < 1.29 is 4.79 Å². The largest absolute Gasteiger partial charge is 0.294 e. The molecule has 0 radical (unpaired) electrons. The van der Waals surface area contributed by atoms with Gasteiger partial charge in [-0.2, -0.15) is 0 Å². The Kier molecular flexibility index (Phi) is 2.63. The minimum absolute atomic E-state index is 0.233. The van der Waals surface area contributed by atoms with Crippen molar-refractivity contribution in [1.29, 1.82) is 0 Å². The van der Waals surface area contributed by atoms with E-state index in [1.807, 2.05) is 24.4 Å². The maximum absolute atomic E-state index is 12.1. The Labute approximate surface area is 101 Å². The molecular weight excluding hydrogens is 210 g/mol. The van der Waals surface area contributed by atoms with Crippen molar-refractivity contribution >= 4 is 12.0 Å². The fourth-order valence-corrected chi connectivity index (χ4v) is 2.75. The molecule has 3 rings (SSSR count). The van der Waals surface area contributed by atoms with Crippen molar-refractivity contribution in [2.45, 2.75) is 31.6 Å². The number of rotatable bonds is 1. The summed E-state index contributed by atoms with van der Waals surface area (Å²) in [6, 6.07) is 10.3. The second kappa shape index (κ2) is 4.28. The minimum atomic E-state index is 0.233. The number of ketones is 1. The number of aliphatic imine (C=N–C) groups is 1. The Bertz CT molecular complexity index is 499. The van der Waals surface area contributed by atoms with Crippen LogP contribution in [0.25, 0.3) is 0 Å². The Morgan fingerprint density at radius 2 is 1.94 bits per heavy atom. The zero-order chi connectivity index (χ0) is 11.7. The minimum Gasteiger partial charge on any atom is -0.294 e. The van der Waals surface area contributed by atoms with Gasteiger partial charge in [-0.3, -0.25) is 9.79 Å². The highest BCUT2D eigenvalue weighted by Gasteiger charge is 2.30. The summed E-state index contributed by atoms with van der Waals surface area (Å²) in [6.45, 7) is 0. The van der Waals surface area contributed by atoms with Gasteiger partial charge in [0, 0.05) is 29.8 Å². The molecule has 1 atom stereocenters. The molecule has 0 bridgehead atoms. The van der Waals surface area contributed by atoms with Crippen LogP contribution >= 0.6 is 0 Å². The van der Waals surface area contributed by atoms with Crippen molar-refractivity contribution in [3.05, 3.63) is 47.2 Å². The van der Waals surface area contributed by atoms with Crippen LogP contribution in [-0.4, -0.2) is 12.0 Å². The van der Waals surface area contributed by atoms with Gasteiger partial charge < -0.3 is 0 Å². The molecule has 2 nitrogen and oxygen atoms in total. The van der Waals surface area contributed by atoms with Crippen LogP contribution in [0.4, 0.5) is 0 Å². The van der Waals surface area contributed by atoms with Crippen molar-refractivity contribution in [1.82, 2.24) is 0 Å². The van der Waals surface area contributed by atoms with Gasteiger partial charge in [0.15, 0.2) is 5.78 Å². The monoisotopic (exact) mass is 225 g/mol. The van der Waals surface area contributed by atoms with E-state index in [9.17, 15) is 4.79 Å². The van der Waals surface area contributed by atoms with E-state index in [0.29, 0.717) is 12.2 Å². The van der Waals surface area contributed by atoms with Gasteiger partial charge in [0.25, 0.3) is 0 Å². The first-order chi connectivity index (χ1) is 8.36. The van der Waals surface area contributed by atoms with Gasteiger partial charge in [-0.25, -0.2) is 0 Å². The number of carbonyl (C=O) groups is 1. The molecule has 2 heteroatoms. The zero-order valence-electron chi connectivity index (χ0n) is 9.73. The highest BCUT2D eigenvalue weighted by Crippen LogP contribution is 2.38. The first kappa shape index (κ1) is 10.5. The topological polar surface area (TPSA) is 29.4 Å². The zero-order valence-corrected chi connectivity index (χ0v) is 9.73. The quantitative estimate of drug-likeness (QED) is 0.721. The standard InChI is InChI=1S/C15H15NO/c17-14-8-4-7-13-15(14)12(9-10-16-13)11-5-2-1-3-6-11/h1-3,5-6,10,12H,4,7-9H2. The van der Waals surface area contributed by atoms with Gasteiger partial charge in [-0.15, -0.1) is 0 Å². The number of carbonyl (C=O) groups excluding carboxylic acids is 1. The molecule has 17 heavy (non-hydrogen) atoms. The summed E-state index contributed by atoms with van der Waals surface area (Å²) in [4.78, 5) is 16.5. The van der Waals surface area contributed by atoms with Crippen LogP contribution in [-0.2, 0) is 4.79 Å². The number of hydrogen-bond acceptors (Lipinski definition) is 2. The summed E-state index contributed by atoms with van der Waals surface area (Å²) < 4.78 is 0. The summed E-state index contributed by atoms with van der Waals surface area (Å²) in [7, 11) is 0. The van der Waals surface area contributed by atoms with Crippen LogP contribution < -0.4 is 0 Å².